The second-order valence-corrected chi connectivity index (χ2v) is 5.36. The molecular formula is C13H12ClIN2O. The van der Waals surface area contributed by atoms with Gasteiger partial charge in [-0.2, -0.15) is 0 Å². The van der Waals surface area contributed by atoms with Crippen molar-refractivity contribution in [2.24, 2.45) is 0 Å². The Morgan fingerprint density at radius 1 is 1.22 bits per heavy atom. The first-order chi connectivity index (χ1) is 8.60. The summed E-state index contributed by atoms with van der Waals surface area (Å²) in [5.41, 5.74) is 8.39. The van der Waals surface area contributed by atoms with Gasteiger partial charge >= 0.3 is 0 Å². The summed E-state index contributed by atoms with van der Waals surface area (Å²) in [6.07, 6.45) is 0. The number of nitrogens with one attached hydrogen (secondary N) is 1. The van der Waals surface area contributed by atoms with E-state index in [1.807, 2.05) is 30.3 Å². The summed E-state index contributed by atoms with van der Waals surface area (Å²) in [5, 5.41) is 3.82. The predicted molar refractivity (Wildman–Crippen MR) is 84.9 cm³/mol. The first-order valence-electron chi connectivity index (χ1n) is 5.26. The van der Waals surface area contributed by atoms with Gasteiger partial charge in [0.25, 0.3) is 0 Å². The standard InChI is InChI=1S/C13H12ClIN2O/c1-18-13-7-9(3-4-10(13)14)17-12-5-2-8(15)6-11(12)16/h2-7,17H,16H2,1H3. The van der Waals surface area contributed by atoms with Gasteiger partial charge in [0.05, 0.1) is 23.5 Å². The zero-order valence-corrected chi connectivity index (χ0v) is 12.6. The maximum Gasteiger partial charge on any atom is 0.139 e. The molecule has 5 heteroatoms. The van der Waals surface area contributed by atoms with Crippen LogP contribution in [-0.2, 0) is 0 Å². The summed E-state index contributed by atoms with van der Waals surface area (Å²) in [4.78, 5) is 0. The molecule has 3 nitrogen and oxygen atoms in total. The topological polar surface area (TPSA) is 47.3 Å². The van der Waals surface area contributed by atoms with Gasteiger partial charge in [-0.3, -0.25) is 0 Å². The lowest BCUT2D eigenvalue weighted by atomic mass is 10.2. The Bertz CT molecular complexity index is 575. The minimum Gasteiger partial charge on any atom is -0.495 e. The Morgan fingerprint density at radius 3 is 2.67 bits per heavy atom. The van der Waals surface area contributed by atoms with Crippen molar-refractivity contribution in [2.45, 2.75) is 0 Å². The molecule has 0 unspecified atom stereocenters. The van der Waals surface area contributed by atoms with Crippen molar-refractivity contribution in [1.82, 2.24) is 0 Å². The van der Waals surface area contributed by atoms with E-state index in [1.54, 1.807) is 13.2 Å². The molecule has 2 aromatic rings. The van der Waals surface area contributed by atoms with E-state index in [4.69, 9.17) is 22.1 Å². The van der Waals surface area contributed by atoms with Crippen LogP contribution in [0.3, 0.4) is 0 Å². The van der Waals surface area contributed by atoms with E-state index >= 15 is 0 Å². The summed E-state index contributed by atoms with van der Waals surface area (Å²) >= 11 is 8.20. The average molecular weight is 375 g/mol. The number of hydrogen-bond acceptors (Lipinski definition) is 3. The van der Waals surface area contributed by atoms with Gasteiger partial charge in [0, 0.05) is 15.3 Å². The molecule has 0 spiro atoms. The number of nitrogen functional groups attached to an aromatic ring is 1. The molecule has 0 saturated carbocycles. The molecule has 2 aromatic carbocycles. The monoisotopic (exact) mass is 374 g/mol. The lowest BCUT2D eigenvalue weighted by Gasteiger charge is -2.11. The minimum absolute atomic E-state index is 0.582. The number of anilines is 3. The third-order valence-electron chi connectivity index (χ3n) is 2.44. The summed E-state index contributed by atoms with van der Waals surface area (Å²) in [6, 6.07) is 11.3. The molecule has 0 aliphatic rings. The van der Waals surface area contributed by atoms with Crippen molar-refractivity contribution in [1.29, 1.82) is 0 Å². The van der Waals surface area contributed by atoms with Crippen LogP contribution in [0.15, 0.2) is 36.4 Å². The Labute approximate surface area is 124 Å². The smallest absolute Gasteiger partial charge is 0.139 e. The molecule has 18 heavy (non-hydrogen) atoms. The number of hydrogen-bond donors (Lipinski definition) is 2. The molecule has 0 radical (unpaired) electrons. The van der Waals surface area contributed by atoms with Gasteiger partial charge in [-0.25, -0.2) is 0 Å². The number of halogens is 2. The van der Waals surface area contributed by atoms with E-state index < -0.39 is 0 Å². The summed E-state index contributed by atoms with van der Waals surface area (Å²) in [6.45, 7) is 0. The predicted octanol–water partition coefficient (Wildman–Crippen LogP) is 4.28. The highest BCUT2D eigenvalue weighted by atomic mass is 127. The highest BCUT2D eigenvalue weighted by Gasteiger charge is 2.04. The molecule has 0 saturated heterocycles. The van der Waals surface area contributed by atoms with Gasteiger partial charge in [-0.05, 0) is 52.9 Å². The van der Waals surface area contributed by atoms with E-state index in [9.17, 15) is 0 Å². The van der Waals surface area contributed by atoms with Crippen LogP contribution in [0.5, 0.6) is 5.75 Å². The highest BCUT2D eigenvalue weighted by molar-refractivity contribution is 14.1. The maximum absolute atomic E-state index is 5.97. The van der Waals surface area contributed by atoms with Crippen LogP contribution in [0, 0.1) is 3.57 Å². The second kappa shape index (κ2) is 5.67. The second-order valence-electron chi connectivity index (χ2n) is 3.71. The van der Waals surface area contributed by atoms with Gasteiger partial charge < -0.3 is 15.8 Å². The fourth-order valence-electron chi connectivity index (χ4n) is 1.54. The fourth-order valence-corrected chi connectivity index (χ4v) is 2.25. The first kappa shape index (κ1) is 13.3. The number of rotatable bonds is 3. The van der Waals surface area contributed by atoms with Crippen molar-refractivity contribution in [3.63, 3.8) is 0 Å². The average Bonchev–Trinajstić information content (AvgIpc) is 2.35. The van der Waals surface area contributed by atoms with Crippen LogP contribution in [0.2, 0.25) is 5.02 Å². The first-order valence-corrected chi connectivity index (χ1v) is 6.71. The lowest BCUT2D eigenvalue weighted by Crippen LogP contribution is -1.97. The third-order valence-corrected chi connectivity index (χ3v) is 3.43. The van der Waals surface area contributed by atoms with Crippen molar-refractivity contribution in [3.05, 3.63) is 45.0 Å². The van der Waals surface area contributed by atoms with E-state index in [0.29, 0.717) is 16.5 Å². The van der Waals surface area contributed by atoms with Gasteiger partial charge in [0.2, 0.25) is 0 Å². The molecule has 0 aliphatic heterocycles. The maximum atomic E-state index is 5.97. The fraction of sp³-hybridized carbons (Fsp3) is 0.0769. The van der Waals surface area contributed by atoms with E-state index in [1.165, 1.54) is 0 Å². The number of benzene rings is 2. The van der Waals surface area contributed by atoms with Gasteiger partial charge in [0.15, 0.2) is 0 Å². The van der Waals surface area contributed by atoms with Crippen molar-refractivity contribution in [3.8, 4) is 5.75 Å². The lowest BCUT2D eigenvalue weighted by molar-refractivity contribution is 0.415. The SMILES string of the molecule is COc1cc(Nc2ccc(I)cc2N)ccc1Cl. The van der Waals surface area contributed by atoms with Crippen molar-refractivity contribution < 1.29 is 4.74 Å². The van der Waals surface area contributed by atoms with Gasteiger partial charge in [0.1, 0.15) is 5.75 Å². The molecular weight excluding hydrogens is 363 g/mol. The largest absolute Gasteiger partial charge is 0.495 e. The van der Waals surface area contributed by atoms with Crippen LogP contribution in [0.25, 0.3) is 0 Å². The Balaban J connectivity index is 2.28. The minimum atomic E-state index is 0.582. The summed E-state index contributed by atoms with van der Waals surface area (Å²) in [5.74, 6) is 0.630. The number of nitrogens with two attached hydrogens (primary N) is 1. The quantitative estimate of drug-likeness (QED) is 0.623. The van der Waals surface area contributed by atoms with Crippen LogP contribution >= 0.6 is 34.2 Å². The van der Waals surface area contributed by atoms with Crippen LogP contribution < -0.4 is 15.8 Å². The van der Waals surface area contributed by atoms with Crippen molar-refractivity contribution in [2.75, 3.05) is 18.2 Å². The molecule has 0 atom stereocenters. The van der Waals surface area contributed by atoms with Crippen LogP contribution in [0.4, 0.5) is 17.1 Å². The molecule has 0 aromatic heterocycles. The normalized spacial score (nSPS) is 10.2. The van der Waals surface area contributed by atoms with E-state index in [2.05, 4.69) is 27.9 Å². The van der Waals surface area contributed by atoms with Gasteiger partial charge in [-0.15, -0.1) is 0 Å². The Hall–Kier alpha value is -1.14. The Morgan fingerprint density at radius 2 is 2.00 bits per heavy atom. The molecule has 3 N–H and O–H groups in total. The number of ether oxygens (including phenoxy) is 1. The van der Waals surface area contributed by atoms with E-state index in [-0.39, 0.29) is 0 Å². The molecule has 0 heterocycles. The molecule has 0 aliphatic carbocycles. The number of methoxy groups -OCH3 is 1. The molecule has 94 valence electrons. The van der Waals surface area contributed by atoms with Crippen LogP contribution in [-0.4, -0.2) is 7.11 Å². The highest BCUT2D eigenvalue weighted by Crippen LogP contribution is 2.30. The van der Waals surface area contributed by atoms with Crippen molar-refractivity contribution >= 4 is 51.3 Å². The van der Waals surface area contributed by atoms with E-state index in [0.717, 1.165) is 14.9 Å². The summed E-state index contributed by atoms with van der Waals surface area (Å²) in [7, 11) is 1.59. The molecule has 2 rings (SSSR count). The molecule has 0 amide bonds. The third kappa shape index (κ3) is 3.00. The summed E-state index contributed by atoms with van der Waals surface area (Å²) < 4.78 is 6.27. The van der Waals surface area contributed by atoms with Gasteiger partial charge in [-0.1, -0.05) is 11.6 Å². The zero-order chi connectivity index (χ0) is 13.1. The Kier molecular flexibility index (Phi) is 4.19. The van der Waals surface area contributed by atoms with Crippen LogP contribution in [0.1, 0.15) is 0 Å². The molecule has 0 fully saturated rings. The zero-order valence-electron chi connectivity index (χ0n) is 9.71. The molecule has 0 bridgehead atoms.